The summed E-state index contributed by atoms with van der Waals surface area (Å²) < 4.78 is 16.4. The Morgan fingerprint density at radius 2 is 1.83 bits per heavy atom. The quantitative estimate of drug-likeness (QED) is 0.567. The molecule has 0 atom stereocenters. The number of aromatic nitrogens is 2. The van der Waals surface area contributed by atoms with E-state index in [0.29, 0.717) is 5.82 Å². The lowest BCUT2D eigenvalue weighted by Crippen LogP contribution is -2.44. The maximum absolute atomic E-state index is 13.2. The van der Waals surface area contributed by atoms with Gasteiger partial charge in [0.25, 0.3) is 0 Å². The molecule has 0 spiro atoms. The van der Waals surface area contributed by atoms with E-state index in [0.717, 1.165) is 21.7 Å². The van der Waals surface area contributed by atoms with Crippen LogP contribution in [0.15, 0.2) is 29.3 Å². The molecule has 2 rings (SSSR count). The first kappa shape index (κ1) is 18.8. The van der Waals surface area contributed by atoms with Gasteiger partial charge >= 0.3 is 0 Å². The molecule has 2 aromatic rings. The van der Waals surface area contributed by atoms with Crippen LogP contribution >= 0.6 is 11.6 Å². The van der Waals surface area contributed by atoms with Crippen molar-refractivity contribution in [2.24, 2.45) is 0 Å². The molecule has 0 unspecified atom stereocenters. The molecule has 0 aliphatic carbocycles. The second-order valence-corrected chi connectivity index (χ2v) is 9.97. The first-order chi connectivity index (χ1) is 11.0. The molecule has 1 aromatic carbocycles. The summed E-state index contributed by atoms with van der Waals surface area (Å²) >= 11 is 5.87. The minimum Gasteiger partial charge on any atom is -0.340 e. The molecule has 0 saturated heterocycles. The first-order valence-electron chi connectivity index (χ1n) is 7.72. The number of benzene rings is 1. The van der Waals surface area contributed by atoms with Crippen molar-refractivity contribution >= 4 is 33.2 Å². The third-order valence-corrected chi connectivity index (χ3v) is 6.10. The molecule has 0 aliphatic rings. The van der Waals surface area contributed by atoms with Crippen LogP contribution in [-0.4, -0.2) is 26.0 Å². The highest BCUT2D eigenvalue weighted by Crippen LogP contribution is 2.27. The zero-order valence-electron chi connectivity index (χ0n) is 14.9. The molecule has 2 N–H and O–H groups in total. The molecule has 5 nitrogen and oxygen atoms in total. The first-order valence-corrected chi connectivity index (χ1v) is 10.3. The maximum atomic E-state index is 13.2. The number of hydrogen-bond donors (Lipinski definition) is 3. The van der Waals surface area contributed by atoms with Gasteiger partial charge in [-0.2, -0.15) is 0 Å². The predicted octanol–water partition coefficient (Wildman–Crippen LogP) is 3.80. The van der Waals surface area contributed by atoms with Crippen LogP contribution in [0.4, 0.5) is 11.5 Å². The zero-order valence-corrected chi connectivity index (χ0v) is 16.6. The summed E-state index contributed by atoms with van der Waals surface area (Å²) in [6, 6.07) is 5.80. The SMILES string of the molecule is Cc1ccc(Nc2nc(Cl)ncc2C)cc1[SH](C)(=O)NC(C)(C)C. The third kappa shape index (κ3) is 4.75. The van der Waals surface area contributed by atoms with Gasteiger partial charge < -0.3 is 5.32 Å². The normalized spacial score (nSPS) is 13.0. The summed E-state index contributed by atoms with van der Waals surface area (Å²) in [5.74, 6) is 0.638. The maximum Gasteiger partial charge on any atom is 0.224 e. The lowest BCUT2D eigenvalue weighted by molar-refractivity contribution is 0.514. The van der Waals surface area contributed by atoms with E-state index in [9.17, 15) is 4.21 Å². The van der Waals surface area contributed by atoms with Crippen LogP contribution in [0.3, 0.4) is 0 Å². The van der Waals surface area contributed by atoms with Crippen molar-refractivity contribution in [3.63, 3.8) is 0 Å². The van der Waals surface area contributed by atoms with E-state index in [1.54, 1.807) is 12.5 Å². The number of hydrogen-bond acceptors (Lipinski definition) is 4. The van der Waals surface area contributed by atoms with E-state index >= 15 is 0 Å². The summed E-state index contributed by atoms with van der Waals surface area (Å²) in [5.41, 5.74) is 2.44. The molecule has 7 heteroatoms. The molecule has 132 valence electrons. The molecule has 0 saturated carbocycles. The topological polar surface area (TPSA) is 66.9 Å². The van der Waals surface area contributed by atoms with Gasteiger partial charge in [-0.05, 0) is 74.0 Å². The van der Waals surface area contributed by atoms with Crippen LogP contribution in [0, 0.1) is 13.8 Å². The van der Waals surface area contributed by atoms with Gasteiger partial charge in [-0.15, -0.1) is 0 Å². The van der Waals surface area contributed by atoms with Gasteiger partial charge in [0.15, 0.2) is 0 Å². The summed E-state index contributed by atoms with van der Waals surface area (Å²) in [4.78, 5) is 8.96. The van der Waals surface area contributed by atoms with Gasteiger partial charge in [-0.25, -0.2) is 9.97 Å². The van der Waals surface area contributed by atoms with E-state index in [2.05, 4.69) is 20.0 Å². The second kappa shape index (κ2) is 6.78. The third-order valence-electron chi connectivity index (χ3n) is 3.42. The van der Waals surface area contributed by atoms with Crippen LogP contribution < -0.4 is 10.0 Å². The van der Waals surface area contributed by atoms with Crippen molar-refractivity contribution in [2.75, 3.05) is 11.6 Å². The van der Waals surface area contributed by atoms with Crippen LogP contribution in [-0.2, 0) is 10.1 Å². The number of nitrogens with zero attached hydrogens (tertiary/aromatic N) is 2. The Balaban J connectivity index is 2.38. The smallest absolute Gasteiger partial charge is 0.224 e. The Hall–Kier alpha value is -1.50. The number of halogens is 1. The highest BCUT2D eigenvalue weighted by molar-refractivity contribution is 8.00. The van der Waals surface area contributed by atoms with Gasteiger partial charge in [0.1, 0.15) is 5.82 Å². The fourth-order valence-corrected chi connectivity index (χ4v) is 5.20. The highest BCUT2D eigenvalue weighted by Gasteiger charge is 2.21. The van der Waals surface area contributed by atoms with Gasteiger partial charge in [0.2, 0.25) is 5.28 Å². The van der Waals surface area contributed by atoms with Crippen LogP contribution in [0.2, 0.25) is 5.28 Å². The number of anilines is 2. The van der Waals surface area contributed by atoms with Gasteiger partial charge in [0, 0.05) is 34.1 Å². The average Bonchev–Trinajstić information content (AvgIpc) is 2.42. The standard InChI is InChI=1S/C17H25ClN4OS/c1-11-7-8-13(20-15-12(2)10-19-16(18)21-15)9-14(11)24(6,23)22-17(3,4)5/h7-10,24H,1-6H3,(H,22,23)(H,19,20,21). The number of thiol groups is 1. The van der Waals surface area contributed by atoms with E-state index in [1.165, 1.54) is 0 Å². The van der Waals surface area contributed by atoms with Crippen molar-refractivity contribution in [3.8, 4) is 0 Å². The van der Waals surface area contributed by atoms with Crippen LogP contribution in [0.1, 0.15) is 31.9 Å². The molecular formula is C17H25ClN4OS. The Bertz CT molecular complexity index is 802. The Labute approximate surface area is 149 Å². The minimum absolute atomic E-state index is 0.186. The molecule has 0 aliphatic heterocycles. The molecule has 0 amide bonds. The predicted molar refractivity (Wildman–Crippen MR) is 103 cm³/mol. The summed E-state index contributed by atoms with van der Waals surface area (Å²) in [6.45, 7) is 9.89. The van der Waals surface area contributed by atoms with E-state index in [-0.39, 0.29) is 10.8 Å². The van der Waals surface area contributed by atoms with Crippen LogP contribution in [0.5, 0.6) is 0 Å². The second-order valence-electron chi connectivity index (χ2n) is 7.08. The van der Waals surface area contributed by atoms with Crippen molar-refractivity contribution in [2.45, 2.75) is 45.1 Å². The van der Waals surface area contributed by atoms with E-state index in [4.69, 9.17) is 11.6 Å². The van der Waals surface area contributed by atoms with Gasteiger partial charge in [-0.1, -0.05) is 6.07 Å². The van der Waals surface area contributed by atoms with Crippen LogP contribution in [0.25, 0.3) is 0 Å². The molecule has 0 bridgehead atoms. The zero-order chi connectivity index (χ0) is 18.1. The minimum atomic E-state index is -2.71. The van der Waals surface area contributed by atoms with Crippen molar-refractivity contribution in [1.82, 2.24) is 14.7 Å². The fraction of sp³-hybridized carbons (Fsp3) is 0.412. The number of nitrogens with one attached hydrogen (secondary N) is 2. The fourth-order valence-electron chi connectivity index (χ4n) is 2.53. The largest absolute Gasteiger partial charge is 0.340 e. The molecule has 0 radical (unpaired) electrons. The van der Waals surface area contributed by atoms with Crippen molar-refractivity contribution in [1.29, 1.82) is 0 Å². The Kier molecular flexibility index (Phi) is 5.32. The Morgan fingerprint density at radius 1 is 1.17 bits per heavy atom. The number of aryl methyl sites for hydroxylation is 2. The molecule has 1 heterocycles. The highest BCUT2D eigenvalue weighted by atomic mass is 35.5. The van der Waals surface area contributed by atoms with E-state index in [1.807, 2.05) is 52.8 Å². The lowest BCUT2D eigenvalue weighted by Gasteiger charge is -2.31. The average molecular weight is 369 g/mol. The monoisotopic (exact) mass is 368 g/mol. The molecule has 1 aromatic heterocycles. The number of rotatable bonds is 4. The van der Waals surface area contributed by atoms with Crippen molar-refractivity contribution < 1.29 is 4.21 Å². The van der Waals surface area contributed by atoms with E-state index < -0.39 is 10.1 Å². The summed E-state index contributed by atoms with van der Waals surface area (Å²) in [6.07, 6.45) is 3.43. The lowest BCUT2D eigenvalue weighted by atomic mass is 10.1. The van der Waals surface area contributed by atoms with Gasteiger partial charge in [-0.3, -0.25) is 8.93 Å². The van der Waals surface area contributed by atoms with Crippen molar-refractivity contribution in [3.05, 3.63) is 40.8 Å². The Morgan fingerprint density at radius 3 is 2.46 bits per heavy atom. The summed E-state index contributed by atoms with van der Waals surface area (Å²) in [5, 5.41) is 3.42. The molecular weight excluding hydrogens is 344 g/mol. The summed E-state index contributed by atoms with van der Waals surface area (Å²) in [7, 11) is -2.71. The molecule has 24 heavy (non-hydrogen) atoms. The van der Waals surface area contributed by atoms with Gasteiger partial charge in [0.05, 0.1) is 0 Å². The molecule has 0 fully saturated rings.